The molecule has 238 valence electrons. The summed E-state index contributed by atoms with van der Waals surface area (Å²) in [6.45, 7) is 5.72. The lowest BCUT2D eigenvalue weighted by Crippen LogP contribution is -2.37. The number of carbonyl (C=O) groups is 1. The number of nitrogens with zero attached hydrogens (tertiary/aromatic N) is 4. The zero-order valence-corrected chi connectivity index (χ0v) is 27.5. The van der Waals surface area contributed by atoms with E-state index < -0.39 is 11.4 Å². The number of carbonyl (C=O) groups excluding carboxylic acids is 1. The summed E-state index contributed by atoms with van der Waals surface area (Å²) in [6.07, 6.45) is 3.14. The smallest absolute Gasteiger partial charge is 0.270 e. The fraction of sp³-hybridized carbons (Fsp3) is 0.444. The molecular formula is C36H45N5O3S. The summed E-state index contributed by atoms with van der Waals surface area (Å²) in [7, 11) is 3.97. The lowest BCUT2D eigenvalue weighted by atomic mass is 9.95. The molecule has 1 amide bonds. The quantitative estimate of drug-likeness (QED) is 0.228. The van der Waals surface area contributed by atoms with Gasteiger partial charge in [0.1, 0.15) is 11.4 Å². The molecule has 2 N–H and O–H groups in total. The number of likely N-dealkylation sites (tertiary alicyclic amines) is 1. The fourth-order valence-electron chi connectivity index (χ4n) is 6.12. The van der Waals surface area contributed by atoms with Crippen LogP contribution in [0.3, 0.4) is 0 Å². The van der Waals surface area contributed by atoms with Crippen molar-refractivity contribution >= 4 is 17.3 Å². The standard InChI is InChI=1S/C36H45N5O3S/c1-4-5-21-45(44)41-25-30-23-32(36(43)37-31-16-19-40(26-31)24-28-11-7-6-8-12-28)38-35(34(30)33(41)17-20-42)29-15-9-13-27(22-29)14-10-18-39(2)3/h6-9,11-13,15,22-23,31,33,42H,4-5,16-21,24-26H2,1-3H3,(H,37,43)/t31-,33-,45-/m1/s1. The number of unbranched alkanes of at least 4 members (excludes halogenated alkanes) is 1. The second-order valence-corrected chi connectivity index (χ2v) is 13.7. The first-order valence-electron chi connectivity index (χ1n) is 16.0. The maximum Gasteiger partial charge on any atom is 0.270 e. The minimum Gasteiger partial charge on any atom is -0.598 e. The number of hydrogen-bond acceptors (Lipinski definition) is 7. The molecule has 8 nitrogen and oxygen atoms in total. The molecule has 0 spiro atoms. The number of amides is 1. The summed E-state index contributed by atoms with van der Waals surface area (Å²) in [5.41, 5.74) is 5.92. The molecule has 1 fully saturated rings. The zero-order chi connectivity index (χ0) is 31.8. The van der Waals surface area contributed by atoms with Crippen molar-refractivity contribution in [2.75, 3.05) is 46.1 Å². The van der Waals surface area contributed by atoms with Crippen molar-refractivity contribution in [2.45, 2.75) is 57.8 Å². The van der Waals surface area contributed by atoms with Gasteiger partial charge in [0.25, 0.3) is 5.91 Å². The van der Waals surface area contributed by atoms with Crippen LogP contribution in [0, 0.1) is 11.8 Å². The highest BCUT2D eigenvalue weighted by Crippen LogP contribution is 2.43. The largest absolute Gasteiger partial charge is 0.598 e. The predicted octanol–water partition coefficient (Wildman–Crippen LogP) is 4.37. The monoisotopic (exact) mass is 627 g/mol. The summed E-state index contributed by atoms with van der Waals surface area (Å²) in [5.74, 6) is 6.82. The first kappa shape index (κ1) is 33.1. The van der Waals surface area contributed by atoms with Gasteiger partial charge in [0.2, 0.25) is 0 Å². The molecule has 5 rings (SSSR count). The molecule has 2 aliphatic rings. The van der Waals surface area contributed by atoms with Gasteiger partial charge < -0.3 is 15.0 Å². The summed E-state index contributed by atoms with van der Waals surface area (Å²) in [6, 6.07) is 20.0. The van der Waals surface area contributed by atoms with Crippen LogP contribution in [0.5, 0.6) is 0 Å². The Labute approximate surface area is 271 Å². The summed E-state index contributed by atoms with van der Waals surface area (Å²) < 4.78 is 15.4. The number of hydrogen-bond donors (Lipinski definition) is 2. The predicted molar refractivity (Wildman–Crippen MR) is 181 cm³/mol. The number of aliphatic hydroxyl groups excluding tert-OH is 1. The first-order valence-corrected chi connectivity index (χ1v) is 17.2. The van der Waals surface area contributed by atoms with E-state index in [-0.39, 0.29) is 24.6 Å². The molecule has 1 saturated heterocycles. The van der Waals surface area contributed by atoms with Gasteiger partial charge in [-0.2, -0.15) is 0 Å². The molecule has 0 aliphatic carbocycles. The first-order chi connectivity index (χ1) is 21.9. The van der Waals surface area contributed by atoms with Crippen molar-refractivity contribution in [2.24, 2.45) is 0 Å². The minimum absolute atomic E-state index is 0.0372. The van der Waals surface area contributed by atoms with Gasteiger partial charge in [-0.3, -0.25) is 14.6 Å². The summed E-state index contributed by atoms with van der Waals surface area (Å²) in [5, 5.41) is 13.3. The molecule has 45 heavy (non-hydrogen) atoms. The average molecular weight is 628 g/mol. The van der Waals surface area contributed by atoms with Gasteiger partial charge in [0.15, 0.2) is 0 Å². The molecule has 2 aliphatic heterocycles. The van der Waals surface area contributed by atoms with E-state index in [9.17, 15) is 14.5 Å². The number of aliphatic hydroxyl groups is 1. The van der Waals surface area contributed by atoms with Crippen molar-refractivity contribution in [3.8, 4) is 23.1 Å². The van der Waals surface area contributed by atoms with Crippen LogP contribution in [0.25, 0.3) is 11.3 Å². The van der Waals surface area contributed by atoms with E-state index in [1.165, 1.54) is 5.56 Å². The average Bonchev–Trinajstić information content (AvgIpc) is 3.64. The van der Waals surface area contributed by atoms with Crippen LogP contribution < -0.4 is 5.32 Å². The normalized spacial score (nSPS) is 18.9. The van der Waals surface area contributed by atoms with E-state index >= 15 is 0 Å². The summed E-state index contributed by atoms with van der Waals surface area (Å²) >= 11 is -1.21. The topological polar surface area (TPSA) is 95.0 Å². The molecular weight excluding hydrogens is 582 g/mol. The molecule has 3 atom stereocenters. The van der Waals surface area contributed by atoms with E-state index in [4.69, 9.17) is 4.98 Å². The van der Waals surface area contributed by atoms with Crippen molar-refractivity contribution in [1.29, 1.82) is 0 Å². The second kappa shape index (κ2) is 15.9. The molecule has 0 bridgehead atoms. The molecule has 0 saturated carbocycles. The maximum absolute atomic E-state index is 13.8. The Morgan fingerprint density at radius 3 is 2.76 bits per heavy atom. The van der Waals surface area contributed by atoms with Gasteiger partial charge in [0, 0.05) is 60.3 Å². The number of aromatic nitrogens is 1. The van der Waals surface area contributed by atoms with Crippen LogP contribution in [0.15, 0.2) is 60.7 Å². The zero-order valence-electron chi connectivity index (χ0n) is 26.7. The highest BCUT2D eigenvalue weighted by atomic mass is 32.2. The third kappa shape index (κ3) is 8.53. The second-order valence-electron chi connectivity index (χ2n) is 12.2. The highest BCUT2D eigenvalue weighted by molar-refractivity contribution is 7.89. The molecule has 0 radical (unpaired) electrons. The van der Waals surface area contributed by atoms with E-state index in [0.717, 1.165) is 61.2 Å². The van der Waals surface area contributed by atoms with E-state index in [1.807, 2.05) is 59.7 Å². The van der Waals surface area contributed by atoms with Crippen molar-refractivity contribution in [3.63, 3.8) is 0 Å². The Kier molecular flexibility index (Phi) is 11.7. The molecule has 1 aromatic heterocycles. The molecule has 3 heterocycles. The minimum atomic E-state index is -1.21. The Balaban J connectivity index is 1.45. The van der Waals surface area contributed by atoms with Crippen molar-refractivity contribution in [3.05, 3.63) is 88.6 Å². The van der Waals surface area contributed by atoms with Gasteiger partial charge in [-0.25, -0.2) is 4.98 Å². The molecule has 9 heteroatoms. The Morgan fingerprint density at radius 2 is 2.00 bits per heavy atom. The lowest BCUT2D eigenvalue weighted by Gasteiger charge is -2.26. The Bertz CT molecular complexity index is 1510. The van der Waals surface area contributed by atoms with Gasteiger partial charge in [0.05, 0.1) is 24.8 Å². The van der Waals surface area contributed by atoms with Crippen LogP contribution >= 0.6 is 0 Å². The SMILES string of the molecule is CCCC[S@@+]([O-])N1Cc2cc(C(=O)N[C@@H]3CCN(Cc4ccccc4)C3)nc(-c3cccc(C#CCN(C)C)c3)c2[C@H]1CCO. The Hall–Kier alpha value is -3.23. The number of nitrogens with one attached hydrogen (secondary N) is 1. The van der Waals surface area contributed by atoms with Crippen LogP contribution in [0.1, 0.15) is 71.4 Å². The van der Waals surface area contributed by atoms with Crippen molar-refractivity contribution in [1.82, 2.24) is 24.4 Å². The van der Waals surface area contributed by atoms with Gasteiger partial charge in [-0.15, -0.1) is 4.31 Å². The number of rotatable bonds is 12. The Morgan fingerprint density at radius 1 is 1.18 bits per heavy atom. The molecule has 3 aromatic rings. The van der Waals surface area contributed by atoms with Crippen LogP contribution in [-0.2, 0) is 24.5 Å². The van der Waals surface area contributed by atoms with Crippen LogP contribution in [0.2, 0.25) is 0 Å². The fourth-order valence-corrected chi connectivity index (χ4v) is 7.67. The third-order valence-electron chi connectivity index (χ3n) is 8.34. The maximum atomic E-state index is 13.8. The number of benzene rings is 2. The summed E-state index contributed by atoms with van der Waals surface area (Å²) in [4.78, 5) is 23.1. The van der Waals surface area contributed by atoms with E-state index in [1.54, 1.807) is 0 Å². The van der Waals surface area contributed by atoms with Crippen LogP contribution in [0.4, 0.5) is 0 Å². The number of pyridine rings is 1. The molecule has 2 aromatic carbocycles. The van der Waals surface area contributed by atoms with Gasteiger partial charge >= 0.3 is 0 Å². The highest BCUT2D eigenvalue weighted by Gasteiger charge is 2.40. The van der Waals surface area contributed by atoms with Gasteiger partial charge in [-0.1, -0.05) is 67.6 Å². The molecule has 0 unspecified atom stereocenters. The van der Waals surface area contributed by atoms with E-state index in [2.05, 4.69) is 53.2 Å². The third-order valence-corrected chi connectivity index (χ3v) is 9.89. The number of fused-ring (bicyclic) bond motifs is 1. The van der Waals surface area contributed by atoms with Crippen molar-refractivity contribution < 1.29 is 14.5 Å². The lowest BCUT2D eigenvalue weighted by molar-refractivity contribution is 0.0932. The van der Waals surface area contributed by atoms with Crippen LogP contribution in [-0.4, -0.2) is 86.8 Å². The van der Waals surface area contributed by atoms with Gasteiger partial charge in [-0.05, 0) is 62.7 Å². The van der Waals surface area contributed by atoms with E-state index in [0.29, 0.717) is 36.7 Å².